The van der Waals surface area contributed by atoms with Gasteiger partial charge in [0.1, 0.15) is 11.9 Å². The standard InChI is InChI=1S/C14H17FN4O3/c1-9-16-13(18-22-9)12(10-5-3-4-6-11(10)15)17-14(21)19(2)7-8-20/h3-6,12,20H,7-8H2,1-2H3,(H,17,21). The van der Waals surface area contributed by atoms with Gasteiger partial charge in [-0.25, -0.2) is 9.18 Å². The van der Waals surface area contributed by atoms with Crippen molar-refractivity contribution in [3.63, 3.8) is 0 Å². The molecule has 118 valence electrons. The van der Waals surface area contributed by atoms with Crippen LogP contribution in [0.1, 0.15) is 23.3 Å². The third-order valence-corrected chi connectivity index (χ3v) is 3.07. The highest BCUT2D eigenvalue weighted by atomic mass is 19.1. The van der Waals surface area contributed by atoms with Crippen LogP contribution in [-0.2, 0) is 0 Å². The Morgan fingerprint density at radius 2 is 2.23 bits per heavy atom. The van der Waals surface area contributed by atoms with Crippen LogP contribution in [0.25, 0.3) is 0 Å². The van der Waals surface area contributed by atoms with Crippen LogP contribution in [0.15, 0.2) is 28.8 Å². The number of nitrogens with one attached hydrogen (secondary N) is 1. The fourth-order valence-corrected chi connectivity index (χ4v) is 1.91. The van der Waals surface area contributed by atoms with E-state index in [-0.39, 0.29) is 24.5 Å². The second kappa shape index (κ2) is 6.99. The molecule has 0 spiro atoms. The Kier molecular flexibility index (Phi) is 5.05. The first-order chi connectivity index (χ1) is 10.5. The van der Waals surface area contributed by atoms with Gasteiger partial charge in [0.05, 0.1) is 6.61 Å². The largest absolute Gasteiger partial charge is 0.395 e. The summed E-state index contributed by atoms with van der Waals surface area (Å²) in [6.45, 7) is 1.59. The number of amides is 2. The highest BCUT2D eigenvalue weighted by Crippen LogP contribution is 2.22. The van der Waals surface area contributed by atoms with E-state index in [9.17, 15) is 9.18 Å². The molecule has 1 aromatic heterocycles. The van der Waals surface area contributed by atoms with Crippen molar-refractivity contribution in [1.82, 2.24) is 20.4 Å². The number of aryl methyl sites for hydroxylation is 1. The maximum atomic E-state index is 14.0. The predicted octanol–water partition coefficient (Wildman–Crippen LogP) is 1.24. The van der Waals surface area contributed by atoms with Gasteiger partial charge < -0.3 is 19.8 Å². The van der Waals surface area contributed by atoms with Crippen molar-refractivity contribution >= 4 is 6.03 Å². The zero-order valence-electron chi connectivity index (χ0n) is 12.3. The second-order valence-corrected chi connectivity index (χ2v) is 4.72. The van der Waals surface area contributed by atoms with E-state index in [1.165, 1.54) is 24.1 Å². The SMILES string of the molecule is Cc1nc(C(NC(=O)N(C)CCO)c2ccccc2F)no1. The molecule has 0 aliphatic rings. The van der Waals surface area contributed by atoms with Crippen molar-refractivity contribution in [3.05, 3.63) is 47.4 Å². The fourth-order valence-electron chi connectivity index (χ4n) is 1.91. The lowest BCUT2D eigenvalue weighted by molar-refractivity contribution is 0.188. The van der Waals surface area contributed by atoms with Crippen molar-refractivity contribution in [1.29, 1.82) is 0 Å². The second-order valence-electron chi connectivity index (χ2n) is 4.72. The molecule has 7 nitrogen and oxygen atoms in total. The van der Waals surface area contributed by atoms with Crippen molar-refractivity contribution in [2.45, 2.75) is 13.0 Å². The molecule has 0 radical (unpaired) electrons. The van der Waals surface area contributed by atoms with Gasteiger partial charge in [0, 0.05) is 26.1 Å². The molecule has 1 atom stereocenters. The van der Waals surface area contributed by atoms with E-state index >= 15 is 0 Å². The Morgan fingerprint density at radius 3 is 2.82 bits per heavy atom. The molecule has 8 heteroatoms. The van der Waals surface area contributed by atoms with Gasteiger partial charge in [-0.05, 0) is 6.07 Å². The van der Waals surface area contributed by atoms with Crippen LogP contribution in [-0.4, -0.2) is 46.4 Å². The minimum absolute atomic E-state index is 0.154. The third-order valence-electron chi connectivity index (χ3n) is 3.07. The van der Waals surface area contributed by atoms with E-state index in [0.717, 1.165) is 0 Å². The number of aromatic nitrogens is 2. The molecule has 2 amide bonds. The average Bonchev–Trinajstić information content (AvgIpc) is 2.92. The van der Waals surface area contributed by atoms with Gasteiger partial charge in [-0.3, -0.25) is 0 Å². The number of urea groups is 1. The number of nitrogens with zero attached hydrogens (tertiary/aromatic N) is 3. The molecule has 1 aromatic carbocycles. The van der Waals surface area contributed by atoms with Gasteiger partial charge in [0.2, 0.25) is 5.89 Å². The monoisotopic (exact) mass is 308 g/mol. The lowest BCUT2D eigenvalue weighted by atomic mass is 10.1. The molecule has 0 bridgehead atoms. The summed E-state index contributed by atoms with van der Waals surface area (Å²) in [5.41, 5.74) is 0.231. The molecule has 0 saturated carbocycles. The summed E-state index contributed by atoms with van der Waals surface area (Å²) in [4.78, 5) is 17.4. The number of carbonyl (C=O) groups excluding carboxylic acids is 1. The van der Waals surface area contributed by atoms with Crippen molar-refractivity contribution < 1.29 is 18.8 Å². The number of hydrogen-bond donors (Lipinski definition) is 2. The van der Waals surface area contributed by atoms with Gasteiger partial charge >= 0.3 is 6.03 Å². The summed E-state index contributed by atoms with van der Waals surface area (Å²) in [5, 5.41) is 15.3. The number of rotatable bonds is 5. The number of likely N-dealkylation sites (N-methyl/N-ethyl adjacent to an activating group) is 1. The van der Waals surface area contributed by atoms with Crippen LogP contribution in [0, 0.1) is 12.7 Å². The van der Waals surface area contributed by atoms with Crippen molar-refractivity contribution in [2.75, 3.05) is 20.2 Å². The van der Waals surface area contributed by atoms with Crippen LogP contribution in [0.2, 0.25) is 0 Å². The van der Waals surface area contributed by atoms with Crippen LogP contribution in [0.5, 0.6) is 0 Å². The molecular weight excluding hydrogens is 291 g/mol. The summed E-state index contributed by atoms with van der Waals surface area (Å²) in [6, 6.07) is 4.67. The summed E-state index contributed by atoms with van der Waals surface area (Å²) in [6.07, 6.45) is 0. The van der Waals surface area contributed by atoms with Crippen LogP contribution < -0.4 is 5.32 Å². The first-order valence-corrected chi connectivity index (χ1v) is 6.70. The number of benzene rings is 1. The summed E-state index contributed by atoms with van der Waals surface area (Å²) < 4.78 is 18.9. The smallest absolute Gasteiger partial charge is 0.318 e. The highest BCUT2D eigenvalue weighted by molar-refractivity contribution is 5.74. The Morgan fingerprint density at radius 1 is 1.50 bits per heavy atom. The van der Waals surface area contributed by atoms with Crippen molar-refractivity contribution in [2.24, 2.45) is 0 Å². The number of aliphatic hydroxyl groups is 1. The summed E-state index contributed by atoms with van der Waals surface area (Å²) in [7, 11) is 1.52. The molecule has 0 fully saturated rings. The number of aliphatic hydroxyl groups excluding tert-OH is 1. The molecule has 2 N–H and O–H groups in total. The molecule has 2 rings (SSSR count). The van der Waals surface area contributed by atoms with Gasteiger partial charge in [0.15, 0.2) is 5.82 Å². The van der Waals surface area contributed by atoms with Gasteiger partial charge in [-0.15, -0.1) is 0 Å². The molecule has 2 aromatic rings. The normalized spacial score (nSPS) is 12.0. The number of hydrogen-bond acceptors (Lipinski definition) is 5. The Balaban J connectivity index is 2.31. The lowest BCUT2D eigenvalue weighted by Crippen LogP contribution is -2.41. The van der Waals surface area contributed by atoms with Gasteiger partial charge in [-0.2, -0.15) is 4.98 Å². The first kappa shape index (κ1) is 15.9. The van der Waals surface area contributed by atoms with Crippen molar-refractivity contribution in [3.8, 4) is 0 Å². The van der Waals surface area contributed by atoms with E-state index in [2.05, 4.69) is 15.5 Å². The first-order valence-electron chi connectivity index (χ1n) is 6.70. The quantitative estimate of drug-likeness (QED) is 0.867. The van der Waals surface area contributed by atoms with Gasteiger partial charge in [0.25, 0.3) is 0 Å². The predicted molar refractivity (Wildman–Crippen MR) is 75.5 cm³/mol. The molecule has 0 saturated heterocycles. The van der Waals surface area contributed by atoms with E-state index in [4.69, 9.17) is 9.63 Å². The molecule has 0 aliphatic heterocycles. The highest BCUT2D eigenvalue weighted by Gasteiger charge is 2.25. The van der Waals surface area contributed by atoms with Crippen LogP contribution >= 0.6 is 0 Å². The maximum absolute atomic E-state index is 14.0. The van der Waals surface area contributed by atoms with E-state index in [1.807, 2.05) is 0 Å². The Labute approximate surface area is 126 Å². The van der Waals surface area contributed by atoms with E-state index in [1.54, 1.807) is 19.1 Å². The summed E-state index contributed by atoms with van der Waals surface area (Å²) >= 11 is 0. The lowest BCUT2D eigenvalue weighted by Gasteiger charge is -2.21. The van der Waals surface area contributed by atoms with Crippen LogP contribution in [0.3, 0.4) is 0 Å². The van der Waals surface area contributed by atoms with Crippen LogP contribution in [0.4, 0.5) is 9.18 Å². The Bertz CT molecular complexity index is 647. The molecule has 22 heavy (non-hydrogen) atoms. The molecule has 1 unspecified atom stereocenters. The fraction of sp³-hybridized carbons (Fsp3) is 0.357. The molecule has 0 aliphatic carbocycles. The number of halogens is 1. The third kappa shape index (κ3) is 3.59. The Hall–Kier alpha value is -2.48. The maximum Gasteiger partial charge on any atom is 0.318 e. The van der Waals surface area contributed by atoms with E-state index < -0.39 is 17.9 Å². The molecular formula is C14H17FN4O3. The molecule has 1 heterocycles. The zero-order chi connectivity index (χ0) is 16.1. The minimum Gasteiger partial charge on any atom is -0.395 e. The average molecular weight is 308 g/mol. The topological polar surface area (TPSA) is 91.5 Å². The minimum atomic E-state index is -0.882. The van der Waals surface area contributed by atoms with E-state index in [0.29, 0.717) is 5.89 Å². The zero-order valence-corrected chi connectivity index (χ0v) is 12.3. The van der Waals surface area contributed by atoms with Gasteiger partial charge in [-0.1, -0.05) is 23.4 Å². The number of carbonyl (C=O) groups is 1. The summed E-state index contributed by atoms with van der Waals surface area (Å²) in [5.74, 6) is -0.0114.